The molecule has 0 aromatic heterocycles. The Balaban J connectivity index is 2.06. The van der Waals surface area contributed by atoms with Gasteiger partial charge in [-0.2, -0.15) is 0 Å². The number of halogens is 1. The minimum Gasteiger partial charge on any atom is -0.466 e. The quantitative estimate of drug-likeness (QED) is 0.590. The second-order valence-corrected chi connectivity index (χ2v) is 7.61. The third kappa shape index (κ3) is 5.21. The Morgan fingerprint density at radius 1 is 0.969 bits per heavy atom. The van der Waals surface area contributed by atoms with E-state index in [1.54, 1.807) is 32.0 Å². The Bertz CT molecular complexity index is 1050. The SMILES string of the molecule is CCOC(=O)C1=C(COCc2ccccc2)NC(C)=C(C(=O)OC)C1c1ccccc1Cl. The van der Waals surface area contributed by atoms with Gasteiger partial charge in [0.2, 0.25) is 0 Å². The van der Waals surface area contributed by atoms with Crippen molar-refractivity contribution in [1.29, 1.82) is 0 Å². The third-order valence-electron chi connectivity index (χ3n) is 5.12. The molecule has 0 fully saturated rings. The van der Waals surface area contributed by atoms with Crippen molar-refractivity contribution >= 4 is 23.5 Å². The molecule has 1 unspecified atom stereocenters. The number of dihydropyridines is 1. The largest absolute Gasteiger partial charge is 0.466 e. The zero-order valence-electron chi connectivity index (χ0n) is 18.3. The lowest BCUT2D eigenvalue weighted by Gasteiger charge is -2.31. The molecule has 2 aromatic rings. The fourth-order valence-corrected chi connectivity index (χ4v) is 3.95. The third-order valence-corrected chi connectivity index (χ3v) is 5.46. The Hall–Kier alpha value is -3.09. The van der Waals surface area contributed by atoms with Crippen molar-refractivity contribution in [3.8, 4) is 0 Å². The van der Waals surface area contributed by atoms with E-state index in [1.807, 2.05) is 36.4 Å². The lowest BCUT2D eigenvalue weighted by atomic mass is 9.80. The summed E-state index contributed by atoms with van der Waals surface area (Å²) in [7, 11) is 1.30. The molecule has 1 aliphatic rings. The van der Waals surface area contributed by atoms with Crippen LogP contribution >= 0.6 is 11.6 Å². The molecule has 0 saturated carbocycles. The zero-order valence-corrected chi connectivity index (χ0v) is 19.1. The van der Waals surface area contributed by atoms with Crippen LogP contribution in [0.4, 0.5) is 0 Å². The maximum atomic E-state index is 13.1. The highest BCUT2D eigenvalue weighted by molar-refractivity contribution is 6.31. The number of carbonyl (C=O) groups excluding carboxylic acids is 2. The van der Waals surface area contributed by atoms with E-state index in [4.69, 9.17) is 25.8 Å². The summed E-state index contributed by atoms with van der Waals surface area (Å²) in [6.45, 7) is 4.16. The van der Waals surface area contributed by atoms with Gasteiger partial charge in [0.15, 0.2) is 0 Å². The van der Waals surface area contributed by atoms with Gasteiger partial charge < -0.3 is 19.5 Å². The van der Waals surface area contributed by atoms with Crippen LogP contribution in [0, 0.1) is 0 Å². The maximum Gasteiger partial charge on any atom is 0.336 e. The summed E-state index contributed by atoms with van der Waals surface area (Å²) in [5.41, 5.74) is 3.28. The van der Waals surface area contributed by atoms with E-state index in [2.05, 4.69) is 5.32 Å². The smallest absolute Gasteiger partial charge is 0.336 e. The fraction of sp³-hybridized carbons (Fsp3) is 0.280. The Kier molecular flexibility index (Phi) is 8.09. The van der Waals surface area contributed by atoms with Crippen LogP contribution in [-0.4, -0.2) is 32.3 Å². The normalized spacial score (nSPS) is 15.9. The first-order valence-corrected chi connectivity index (χ1v) is 10.7. The number of hydrogen-bond acceptors (Lipinski definition) is 6. The average molecular weight is 456 g/mol. The van der Waals surface area contributed by atoms with E-state index in [-0.39, 0.29) is 18.8 Å². The molecule has 7 heteroatoms. The number of rotatable bonds is 8. The number of carbonyl (C=O) groups is 2. The molecule has 1 N–H and O–H groups in total. The van der Waals surface area contributed by atoms with E-state index >= 15 is 0 Å². The number of allylic oxidation sites excluding steroid dienone is 1. The van der Waals surface area contributed by atoms with Crippen molar-refractivity contribution in [2.75, 3.05) is 20.3 Å². The first kappa shape index (κ1) is 23.6. The summed E-state index contributed by atoms with van der Waals surface area (Å²) in [5, 5.41) is 3.60. The highest BCUT2D eigenvalue weighted by atomic mass is 35.5. The van der Waals surface area contributed by atoms with E-state index in [9.17, 15) is 9.59 Å². The summed E-state index contributed by atoms with van der Waals surface area (Å²) in [6, 6.07) is 16.8. The maximum absolute atomic E-state index is 13.1. The van der Waals surface area contributed by atoms with Crippen LogP contribution in [0.25, 0.3) is 0 Å². The second-order valence-electron chi connectivity index (χ2n) is 7.20. The lowest BCUT2D eigenvalue weighted by Crippen LogP contribution is -2.34. The van der Waals surface area contributed by atoms with Crippen LogP contribution in [0.15, 0.2) is 77.1 Å². The van der Waals surface area contributed by atoms with Gasteiger partial charge in [0.25, 0.3) is 0 Å². The van der Waals surface area contributed by atoms with Gasteiger partial charge in [-0.3, -0.25) is 0 Å². The zero-order chi connectivity index (χ0) is 23.1. The number of ether oxygens (including phenoxy) is 3. The number of benzene rings is 2. The molecule has 0 aliphatic carbocycles. The van der Waals surface area contributed by atoms with E-state index in [0.29, 0.717) is 34.2 Å². The van der Waals surface area contributed by atoms with Gasteiger partial charge in [-0.1, -0.05) is 60.1 Å². The van der Waals surface area contributed by atoms with Gasteiger partial charge in [-0.15, -0.1) is 0 Å². The van der Waals surface area contributed by atoms with Crippen LogP contribution in [0.2, 0.25) is 5.02 Å². The van der Waals surface area contributed by atoms with Crippen LogP contribution in [0.3, 0.4) is 0 Å². The summed E-state index contributed by atoms with van der Waals surface area (Å²) in [5.74, 6) is -1.85. The molecule has 6 nitrogen and oxygen atoms in total. The molecule has 0 saturated heterocycles. The van der Waals surface area contributed by atoms with E-state index in [1.165, 1.54) is 7.11 Å². The van der Waals surface area contributed by atoms with Gasteiger partial charge in [0, 0.05) is 10.7 Å². The van der Waals surface area contributed by atoms with Crippen LogP contribution in [-0.2, 0) is 30.4 Å². The first-order chi connectivity index (χ1) is 15.5. The Morgan fingerprint density at radius 2 is 1.66 bits per heavy atom. The summed E-state index contributed by atoms with van der Waals surface area (Å²) in [4.78, 5) is 25.8. The van der Waals surface area contributed by atoms with Crippen LogP contribution in [0.1, 0.15) is 30.9 Å². The topological polar surface area (TPSA) is 73.9 Å². The van der Waals surface area contributed by atoms with Crippen LogP contribution < -0.4 is 5.32 Å². The number of hydrogen-bond donors (Lipinski definition) is 1. The molecule has 0 radical (unpaired) electrons. The number of methoxy groups -OCH3 is 1. The minimum absolute atomic E-state index is 0.121. The van der Waals surface area contributed by atoms with Gasteiger partial charge in [-0.25, -0.2) is 9.59 Å². The van der Waals surface area contributed by atoms with Gasteiger partial charge in [0.05, 0.1) is 49.7 Å². The van der Waals surface area contributed by atoms with Gasteiger partial charge in [-0.05, 0) is 31.0 Å². The molecule has 1 atom stereocenters. The van der Waals surface area contributed by atoms with Crippen molar-refractivity contribution in [3.05, 3.63) is 93.3 Å². The number of nitrogens with one attached hydrogen (secondary N) is 1. The van der Waals surface area contributed by atoms with E-state index < -0.39 is 17.9 Å². The first-order valence-electron chi connectivity index (χ1n) is 10.3. The van der Waals surface area contributed by atoms with Crippen LogP contribution in [0.5, 0.6) is 0 Å². The standard InChI is InChI=1S/C25H26ClNO5/c1-4-32-25(29)23-20(15-31-14-17-10-6-5-7-11-17)27-16(2)21(24(28)30-3)22(23)18-12-8-9-13-19(18)26/h5-13,22,27H,4,14-15H2,1-3H3. The molecular weight excluding hydrogens is 430 g/mol. The molecule has 3 rings (SSSR count). The van der Waals surface area contributed by atoms with Crippen molar-refractivity contribution in [3.63, 3.8) is 0 Å². The van der Waals surface area contributed by atoms with Crippen molar-refractivity contribution < 1.29 is 23.8 Å². The molecule has 0 bridgehead atoms. The van der Waals surface area contributed by atoms with Gasteiger partial charge in [0.1, 0.15) is 0 Å². The average Bonchev–Trinajstić information content (AvgIpc) is 2.79. The van der Waals surface area contributed by atoms with Gasteiger partial charge >= 0.3 is 11.9 Å². The molecule has 1 heterocycles. The number of esters is 2. The molecule has 168 valence electrons. The molecule has 32 heavy (non-hydrogen) atoms. The second kappa shape index (κ2) is 11.0. The van der Waals surface area contributed by atoms with Crippen molar-refractivity contribution in [2.45, 2.75) is 26.4 Å². The predicted molar refractivity (Wildman–Crippen MR) is 122 cm³/mol. The molecule has 0 spiro atoms. The lowest BCUT2D eigenvalue weighted by molar-refractivity contribution is -0.139. The Morgan fingerprint density at radius 3 is 2.31 bits per heavy atom. The molecule has 2 aromatic carbocycles. The molecule has 0 amide bonds. The summed E-state index contributed by atoms with van der Waals surface area (Å²) >= 11 is 6.50. The van der Waals surface area contributed by atoms with Crippen molar-refractivity contribution in [2.24, 2.45) is 0 Å². The monoisotopic (exact) mass is 455 g/mol. The fourth-order valence-electron chi connectivity index (χ4n) is 3.71. The van der Waals surface area contributed by atoms with E-state index in [0.717, 1.165) is 5.56 Å². The predicted octanol–water partition coefficient (Wildman–Crippen LogP) is 4.51. The minimum atomic E-state index is -0.758. The highest BCUT2D eigenvalue weighted by Crippen LogP contribution is 2.41. The summed E-state index contributed by atoms with van der Waals surface area (Å²) in [6.07, 6.45) is 0. The summed E-state index contributed by atoms with van der Waals surface area (Å²) < 4.78 is 16.3. The Labute approximate surface area is 192 Å². The molecule has 1 aliphatic heterocycles. The molecular formula is C25H26ClNO5. The highest BCUT2D eigenvalue weighted by Gasteiger charge is 2.39. The van der Waals surface area contributed by atoms with Crippen molar-refractivity contribution in [1.82, 2.24) is 5.32 Å².